The summed E-state index contributed by atoms with van der Waals surface area (Å²) in [5.41, 5.74) is 1.20. The van der Waals surface area contributed by atoms with Gasteiger partial charge in [0.05, 0.1) is 6.61 Å². The Morgan fingerprint density at radius 3 is 2.69 bits per heavy atom. The van der Waals surface area contributed by atoms with Crippen LogP contribution in [-0.4, -0.2) is 6.61 Å². The van der Waals surface area contributed by atoms with Crippen molar-refractivity contribution in [3.8, 4) is 11.8 Å². The van der Waals surface area contributed by atoms with Crippen molar-refractivity contribution >= 4 is 0 Å². The Balaban J connectivity index is 2.17. The van der Waals surface area contributed by atoms with Crippen LogP contribution in [0.2, 0.25) is 0 Å². The van der Waals surface area contributed by atoms with Crippen molar-refractivity contribution in [2.45, 2.75) is 33.3 Å². The lowest BCUT2D eigenvalue weighted by Gasteiger charge is -2.00. The molecule has 0 bridgehead atoms. The van der Waals surface area contributed by atoms with E-state index in [9.17, 15) is 0 Å². The van der Waals surface area contributed by atoms with Gasteiger partial charge in [0.15, 0.2) is 0 Å². The molecule has 0 saturated carbocycles. The predicted molar refractivity (Wildman–Crippen MR) is 67.9 cm³/mol. The summed E-state index contributed by atoms with van der Waals surface area (Å²) < 4.78 is 5.47. The molecular weight excluding hydrogens is 196 g/mol. The summed E-state index contributed by atoms with van der Waals surface area (Å²) in [6.45, 7) is 5.53. The van der Waals surface area contributed by atoms with E-state index in [0.717, 1.165) is 0 Å². The summed E-state index contributed by atoms with van der Waals surface area (Å²) in [6.07, 6.45) is 2.37. The third kappa shape index (κ3) is 5.58. The Morgan fingerprint density at radius 2 is 2.00 bits per heavy atom. The van der Waals surface area contributed by atoms with Crippen LogP contribution in [0.5, 0.6) is 0 Å². The van der Waals surface area contributed by atoms with Gasteiger partial charge in [-0.2, -0.15) is 0 Å². The summed E-state index contributed by atoms with van der Waals surface area (Å²) in [5.74, 6) is 6.75. The van der Waals surface area contributed by atoms with Crippen molar-refractivity contribution in [2.24, 2.45) is 5.92 Å². The minimum Gasteiger partial charge on any atom is -0.364 e. The normalized spacial score (nSPS) is 11.6. The molecule has 1 heteroatoms. The fourth-order valence-electron chi connectivity index (χ4n) is 1.52. The van der Waals surface area contributed by atoms with Crippen molar-refractivity contribution in [1.29, 1.82) is 0 Å². The molecule has 0 fully saturated rings. The molecule has 0 aliphatic rings. The van der Waals surface area contributed by atoms with Gasteiger partial charge in [0, 0.05) is 5.92 Å². The summed E-state index contributed by atoms with van der Waals surface area (Å²) in [7, 11) is 0. The second-order valence-corrected chi connectivity index (χ2v) is 3.99. The monoisotopic (exact) mass is 216 g/mol. The second kappa shape index (κ2) is 7.96. The molecule has 86 valence electrons. The highest BCUT2D eigenvalue weighted by Gasteiger charge is 1.93. The first-order valence-corrected chi connectivity index (χ1v) is 5.93. The van der Waals surface area contributed by atoms with Crippen molar-refractivity contribution in [1.82, 2.24) is 0 Å². The lowest BCUT2D eigenvalue weighted by molar-refractivity contribution is 0.153. The molecule has 1 nitrogen and oxygen atoms in total. The fourth-order valence-corrected chi connectivity index (χ4v) is 1.52. The van der Waals surface area contributed by atoms with E-state index in [-0.39, 0.29) is 0 Å². The molecule has 0 aliphatic heterocycles. The number of hydrogen-bond acceptors (Lipinski definition) is 1. The average Bonchev–Trinajstić information content (AvgIpc) is 2.30. The number of ether oxygens (including phenoxy) is 1. The fraction of sp³-hybridized carbons (Fsp3) is 0.467. The van der Waals surface area contributed by atoms with Crippen LogP contribution >= 0.6 is 0 Å². The molecule has 1 atom stereocenters. The third-order valence-corrected chi connectivity index (χ3v) is 2.36. The minimum absolute atomic E-state index is 0.491. The first-order valence-electron chi connectivity index (χ1n) is 5.93. The molecule has 0 saturated heterocycles. The first-order chi connectivity index (χ1) is 7.83. The smallest absolute Gasteiger partial charge is 0.108 e. The van der Waals surface area contributed by atoms with Crippen LogP contribution in [-0.2, 0) is 11.3 Å². The van der Waals surface area contributed by atoms with E-state index < -0.39 is 0 Å². The largest absolute Gasteiger partial charge is 0.364 e. The zero-order valence-corrected chi connectivity index (χ0v) is 10.2. The Bertz CT molecular complexity index is 331. The maximum atomic E-state index is 5.47. The molecule has 1 aromatic rings. The molecule has 0 aliphatic carbocycles. The summed E-state index contributed by atoms with van der Waals surface area (Å²) in [4.78, 5) is 0. The van der Waals surface area contributed by atoms with Crippen molar-refractivity contribution in [3.63, 3.8) is 0 Å². The lowest BCUT2D eigenvalue weighted by atomic mass is 10.1. The predicted octanol–water partition coefficient (Wildman–Crippen LogP) is 3.64. The molecule has 0 radical (unpaired) electrons. The van der Waals surface area contributed by atoms with Gasteiger partial charge in [-0.15, -0.1) is 0 Å². The highest BCUT2D eigenvalue weighted by molar-refractivity contribution is 5.13. The Kier molecular flexibility index (Phi) is 6.37. The average molecular weight is 216 g/mol. The first kappa shape index (κ1) is 12.8. The van der Waals surface area contributed by atoms with Crippen LogP contribution < -0.4 is 0 Å². The quantitative estimate of drug-likeness (QED) is 0.539. The van der Waals surface area contributed by atoms with Crippen LogP contribution in [0.3, 0.4) is 0 Å². The van der Waals surface area contributed by atoms with Gasteiger partial charge in [0.1, 0.15) is 6.61 Å². The van der Waals surface area contributed by atoms with Crippen molar-refractivity contribution < 1.29 is 4.74 Å². The molecule has 1 rings (SSSR count). The van der Waals surface area contributed by atoms with E-state index >= 15 is 0 Å². The Hall–Kier alpha value is -1.26. The summed E-state index contributed by atoms with van der Waals surface area (Å²) in [6, 6.07) is 10.2. The SMILES string of the molecule is CCCC(C)C#CCOCc1ccccc1. The van der Waals surface area contributed by atoms with Crippen LogP contribution in [0.1, 0.15) is 32.3 Å². The van der Waals surface area contributed by atoms with Crippen molar-refractivity contribution in [2.75, 3.05) is 6.61 Å². The van der Waals surface area contributed by atoms with Gasteiger partial charge in [-0.1, -0.05) is 62.4 Å². The zero-order valence-electron chi connectivity index (χ0n) is 10.2. The number of hydrogen-bond donors (Lipinski definition) is 0. The molecule has 0 amide bonds. The molecule has 1 unspecified atom stereocenters. The highest BCUT2D eigenvalue weighted by atomic mass is 16.5. The van der Waals surface area contributed by atoms with Gasteiger partial charge < -0.3 is 4.74 Å². The van der Waals surface area contributed by atoms with Gasteiger partial charge in [-0.3, -0.25) is 0 Å². The molecule has 0 N–H and O–H groups in total. The van der Waals surface area contributed by atoms with E-state index in [1.54, 1.807) is 0 Å². The Labute approximate surface area is 98.8 Å². The zero-order chi connectivity index (χ0) is 11.6. The van der Waals surface area contributed by atoms with Gasteiger partial charge in [0.2, 0.25) is 0 Å². The third-order valence-electron chi connectivity index (χ3n) is 2.36. The van der Waals surface area contributed by atoms with E-state index in [4.69, 9.17) is 4.74 Å². The molecule has 16 heavy (non-hydrogen) atoms. The summed E-state index contributed by atoms with van der Waals surface area (Å²) in [5, 5.41) is 0. The molecular formula is C15H20O. The number of rotatable bonds is 5. The minimum atomic E-state index is 0.491. The highest BCUT2D eigenvalue weighted by Crippen LogP contribution is 2.02. The number of benzene rings is 1. The molecule has 1 aromatic carbocycles. The van der Waals surface area contributed by atoms with Gasteiger partial charge >= 0.3 is 0 Å². The Morgan fingerprint density at radius 1 is 1.25 bits per heavy atom. The maximum Gasteiger partial charge on any atom is 0.108 e. The van der Waals surface area contributed by atoms with Crippen LogP contribution in [0.25, 0.3) is 0 Å². The topological polar surface area (TPSA) is 9.23 Å². The molecule has 0 aromatic heterocycles. The summed E-state index contributed by atoms with van der Waals surface area (Å²) >= 11 is 0. The van der Waals surface area contributed by atoms with Gasteiger partial charge in [-0.05, 0) is 12.0 Å². The van der Waals surface area contributed by atoms with Crippen molar-refractivity contribution in [3.05, 3.63) is 35.9 Å². The van der Waals surface area contributed by atoms with Gasteiger partial charge in [-0.25, -0.2) is 0 Å². The van der Waals surface area contributed by atoms with E-state index in [0.29, 0.717) is 19.1 Å². The van der Waals surface area contributed by atoms with E-state index in [1.807, 2.05) is 18.2 Å². The van der Waals surface area contributed by atoms with Gasteiger partial charge in [0.25, 0.3) is 0 Å². The molecule has 0 spiro atoms. The van der Waals surface area contributed by atoms with E-state index in [1.165, 1.54) is 18.4 Å². The lowest BCUT2D eigenvalue weighted by Crippen LogP contribution is -1.94. The van der Waals surface area contributed by atoms with Crippen LogP contribution in [0, 0.1) is 17.8 Å². The standard InChI is InChI=1S/C15H20O/c1-3-8-14(2)9-7-12-16-13-15-10-5-4-6-11-15/h4-6,10-11,14H,3,8,12-13H2,1-2H3. The van der Waals surface area contributed by atoms with Crippen LogP contribution in [0.15, 0.2) is 30.3 Å². The van der Waals surface area contributed by atoms with Crippen LogP contribution in [0.4, 0.5) is 0 Å². The second-order valence-electron chi connectivity index (χ2n) is 3.99. The van der Waals surface area contributed by atoms with E-state index in [2.05, 4.69) is 37.8 Å². The maximum absolute atomic E-state index is 5.47. The molecule has 0 heterocycles.